The predicted octanol–water partition coefficient (Wildman–Crippen LogP) is 10.2. The smallest absolute Gasteiger partial charge is 0.261 e. The molecule has 8 heteroatoms. The van der Waals surface area contributed by atoms with Gasteiger partial charge in [-0.2, -0.15) is 0 Å². The lowest BCUT2D eigenvalue weighted by Crippen LogP contribution is -2.39. The van der Waals surface area contributed by atoms with E-state index in [1.54, 1.807) is 6.07 Å². The average molecular weight is 785 g/mol. The van der Waals surface area contributed by atoms with Crippen LogP contribution in [0.3, 0.4) is 0 Å². The maximum Gasteiger partial charge on any atom is 0.261 e. The maximum atomic E-state index is 14.3. The summed E-state index contributed by atoms with van der Waals surface area (Å²) in [5.41, 5.74) is 8.43. The lowest BCUT2D eigenvalue weighted by atomic mass is 9.77. The first-order valence-corrected chi connectivity index (χ1v) is 20.5. The van der Waals surface area contributed by atoms with E-state index >= 15 is 0 Å². The molecule has 2 heterocycles. The van der Waals surface area contributed by atoms with Crippen LogP contribution in [0, 0.1) is 0 Å². The van der Waals surface area contributed by atoms with E-state index in [2.05, 4.69) is 121 Å². The second-order valence-electron chi connectivity index (χ2n) is 15.1. The molecule has 2 aromatic heterocycles. The van der Waals surface area contributed by atoms with Crippen molar-refractivity contribution in [2.24, 2.45) is 0 Å². The number of hydrogen-bond acceptors (Lipinski definition) is 6. The topological polar surface area (TPSA) is 98.7 Å². The molecule has 0 spiro atoms. The number of aromatic hydroxyl groups is 1. The number of rotatable bonds is 13. The van der Waals surface area contributed by atoms with E-state index in [4.69, 9.17) is 15.3 Å². The Morgan fingerprint density at radius 2 is 1.22 bits per heavy atom. The molecule has 0 bridgehead atoms. The van der Waals surface area contributed by atoms with Crippen LogP contribution in [0.15, 0.2) is 187 Å². The van der Waals surface area contributed by atoms with Gasteiger partial charge in [-0.3, -0.25) is 9.36 Å². The number of para-hydroxylation sites is 1. The highest BCUT2D eigenvalue weighted by Crippen LogP contribution is 2.43. The number of tetrazole rings is 1. The van der Waals surface area contributed by atoms with Crippen molar-refractivity contribution in [1.82, 2.24) is 29.8 Å². The molecule has 0 unspecified atom stereocenters. The van der Waals surface area contributed by atoms with Gasteiger partial charge in [-0.05, 0) is 79.6 Å². The summed E-state index contributed by atoms with van der Waals surface area (Å²) in [6.07, 6.45) is 3.14. The number of nitrogens with zero attached hydrogens (tertiary/aromatic N) is 6. The Kier molecular flexibility index (Phi) is 10.7. The van der Waals surface area contributed by atoms with Crippen molar-refractivity contribution in [2.45, 2.75) is 44.7 Å². The molecule has 0 amide bonds. The summed E-state index contributed by atoms with van der Waals surface area (Å²) >= 11 is 0. The summed E-state index contributed by atoms with van der Waals surface area (Å²) in [5, 5.41) is 24.8. The monoisotopic (exact) mass is 784 g/mol. The Morgan fingerprint density at radius 3 is 1.85 bits per heavy atom. The largest absolute Gasteiger partial charge is 0.508 e. The number of phenols is 1. The van der Waals surface area contributed by atoms with Crippen LogP contribution in [-0.4, -0.2) is 34.9 Å². The SMILES string of the molecule is CCCCc1nc2ccc(Cc3ccccc3O)cc2c(=O)n1Cc1ccc(-c2ccccc2-c2nnnn2C(c2ccccc2)(c2ccccc2)c2ccccc2)cc1. The van der Waals surface area contributed by atoms with Crippen LogP contribution in [0.25, 0.3) is 33.4 Å². The van der Waals surface area contributed by atoms with Crippen molar-refractivity contribution in [1.29, 1.82) is 0 Å². The highest BCUT2D eigenvalue weighted by atomic mass is 16.3. The van der Waals surface area contributed by atoms with Gasteiger partial charge in [-0.1, -0.05) is 177 Å². The van der Waals surface area contributed by atoms with Gasteiger partial charge < -0.3 is 5.11 Å². The van der Waals surface area contributed by atoms with Crippen molar-refractivity contribution in [3.63, 3.8) is 0 Å². The first kappa shape index (κ1) is 38.1. The second kappa shape index (κ2) is 16.8. The highest BCUT2D eigenvalue weighted by Gasteiger charge is 2.42. The van der Waals surface area contributed by atoms with E-state index in [1.165, 1.54) is 0 Å². The molecular weight excluding hydrogens is 741 g/mol. The molecule has 0 aliphatic rings. The predicted molar refractivity (Wildman–Crippen MR) is 238 cm³/mol. The standard InChI is InChI=1S/C52H44N6O2/c1-2-3-27-49-53-47-33-30-38(34-40-17-13-16-26-48(40)59)35-46(47)51(60)57(49)36-37-28-31-39(32-29-37)44-24-14-15-25-45(44)50-54-55-56-58(50)52(41-18-7-4-8-19-41,42-20-9-5-10-21-42)43-22-11-6-12-23-43/h4-26,28-33,35,59H,2-3,27,34,36H2,1H3. The van der Waals surface area contributed by atoms with Crippen LogP contribution in [0.5, 0.6) is 5.75 Å². The molecule has 9 rings (SSSR count). The number of phenolic OH excluding ortho intramolecular Hbond substituents is 1. The average Bonchev–Trinajstić information content (AvgIpc) is 3.79. The summed E-state index contributed by atoms with van der Waals surface area (Å²) < 4.78 is 3.79. The molecule has 0 atom stereocenters. The molecule has 60 heavy (non-hydrogen) atoms. The van der Waals surface area contributed by atoms with Gasteiger partial charge in [0, 0.05) is 18.4 Å². The zero-order chi connectivity index (χ0) is 40.9. The van der Waals surface area contributed by atoms with Gasteiger partial charge in [-0.25, -0.2) is 9.67 Å². The Balaban J connectivity index is 1.10. The molecule has 8 nitrogen and oxygen atoms in total. The molecule has 0 radical (unpaired) electrons. The lowest BCUT2D eigenvalue weighted by Gasteiger charge is -2.36. The maximum absolute atomic E-state index is 14.3. The lowest BCUT2D eigenvalue weighted by molar-refractivity contribution is 0.451. The molecule has 0 aliphatic carbocycles. The van der Waals surface area contributed by atoms with Crippen LogP contribution in [0.2, 0.25) is 0 Å². The third kappa shape index (κ3) is 7.17. The number of aryl methyl sites for hydroxylation is 1. The van der Waals surface area contributed by atoms with E-state index in [0.29, 0.717) is 36.1 Å². The van der Waals surface area contributed by atoms with E-state index in [-0.39, 0.29) is 11.3 Å². The zero-order valence-corrected chi connectivity index (χ0v) is 33.4. The van der Waals surface area contributed by atoms with Crippen LogP contribution in [-0.2, 0) is 24.9 Å². The molecule has 9 aromatic rings. The minimum atomic E-state index is -0.889. The number of unbranched alkanes of at least 4 members (excludes halogenated alkanes) is 1. The molecule has 294 valence electrons. The van der Waals surface area contributed by atoms with Crippen LogP contribution < -0.4 is 5.56 Å². The third-order valence-electron chi connectivity index (χ3n) is 11.4. The fourth-order valence-electron chi connectivity index (χ4n) is 8.38. The molecular formula is C52H44N6O2. The van der Waals surface area contributed by atoms with E-state index in [1.807, 2.05) is 76.0 Å². The first-order valence-electron chi connectivity index (χ1n) is 20.5. The van der Waals surface area contributed by atoms with Crippen molar-refractivity contribution in [2.75, 3.05) is 0 Å². The number of aromatic nitrogens is 6. The Labute approximate surface area is 349 Å². The quantitative estimate of drug-likeness (QED) is 0.117. The number of hydrogen-bond donors (Lipinski definition) is 1. The number of benzene rings is 7. The Bertz CT molecular complexity index is 2850. The van der Waals surface area contributed by atoms with Gasteiger partial charge in [0.05, 0.1) is 17.4 Å². The fraction of sp³-hybridized carbons (Fsp3) is 0.135. The Hall–Kier alpha value is -7.45. The molecule has 0 aliphatic heterocycles. The van der Waals surface area contributed by atoms with Crippen LogP contribution in [0.4, 0.5) is 0 Å². The fourth-order valence-corrected chi connectivity index (χ4v) is 8.38. The van der Waals surface area contributed by atoms with E-state index in [9.17, 15) is 9.90 Å². The second-order valence-corrected chi connectivity index (χ2v) is 15.1. The Morgan fingerprint density at radius 1 is 0.633 bits per heavy atom. The third-order valence-corrected chi connectivity index (χ3v) is 11.4. The summed E-state index contributed by atoms with van der Waals surface area (Å²) in [5.74, 6) is 1.65. The van der Waals surface area contributed by atoms with Crippen molar-refractivity contribution in [3.8, 4) is 28.3 Å². The molecule has 0 saturated carbocycles. The minimum absolute atomic E-state index is 0.0646. The molecule has 1 N–H and O–H groups in total. The van der Waals surface area contributed by atoms with Crippen molar-refractivity contribution >= 4 is 10.9 Å². The summed E-state index contributed by atoms with van der Waals surface area (Å²) in [7, 11) is 0. The van der Waals surface area contributed by atoms with Crippen LogP contribution >= 0.6 is 0 Å². The minimum Gasteiger partial charge on any atom is -0.508 e. The molecule has 7 aromatic carbocycles. The molecule has 0 saturated heterocycles. The van der Waals surface area contributed by atoms with Gasteiger partial charge in [0.25, 0.3) is 5.56 Å². The van der Waals surface area contributed by atoms with Gasteiger partial charge in [0.2, 0.25) is 0 Å². The molecule has 0 fully saturated rings. The first-order chi connectivity index (χ1) is 29.5. The zero-order valence-electron chi connectivity index (χ0n) is 33.4. The summed E-state index contributed by atoms with van der Waals surface area (Å²) in [4.78, 5) is 19.4. The van der Waals surface area contributed by atoms with Crippen LogP contribution in [0.1, 0.15) is 59.0 Å². The van der Waals surface area contributed by atoms with Gasteiger partial charge in [-0.15, -0.1) is 5.10 Å². The van der Waals surface area contributed by atoms with Gasteiger partial charge >= 0.3 is 0 Å². The highest BCUT2D eigenvalue weighted by molar-refractivity contribution is 5.81. The van der Waals surface area contributed by atoms with Crippen molar-refractivity contribution < 1.29 is 5.11 Å². The normalized spacial score (nSPS) is 11.6. The van der Waals surface area contributed by atoms with Gasteiger partial charge in [0.15, 0.2) is 5.82 Å². The number of fused-ring (bicyclic) bond motifs is 1. The summed E-state index contributed by atoms with van der Waals surface area (Å²) in [6.45, 7) is 2.54. The summed E-state index contributed by atoms with van der Waals surface area (Å²) in [6, 6.07) is 61.0. The van der Waals surface area contributed by atoms with Crippen molar-refractivity contribution in [3.05, 3.63) is 232 Å². The van der Waals surface area contributed by atoms with E-state index in [0.717, 1.165) is 68.7 Å². The van der Waals surface area contributed by atoms with Gasteiger partial charge in [0.1, 0.15) is 17.1 Å². The van der Waals surface area contributed by atoms with E-state index < -0.39 is 5.54 Å².